The topological polar surface area (TPSA) is 149 Å². The molecule has 0 fully saturated rings. The van der Waals surface area contributed by atoms with Gasteiger partial charge in [0.25, 0.3) is 19.6 Å². The van der Waals surface area contributed by atoms with Crippen LogP contribution in [0.15, 0.2) is 12.2 Å². The normalized spacial score (nSPS) is 17.8. The van der Waals surface area contributed by atoms with Crippen LogP contribution in [0.2, 0.25) is 0 Å². The van der Waals surface area contributed by atoms with Gasteiger partial charge in [-0.2, -0.15) is 0 Å². The number of phosphoric acid groups is 1. The lowest BCUT2D eigenvalue weighted by Gasteiger charge is -2.30. The molecule has 0 bridgehead atoms. The van der Waals surface area contributed by atoms with Crippen molar-refractivity contribution in [3.8, 4) is 0 Å². The molecule has 1 aliphatic heterocycles. The van der Waals surface area contributed by atoms with Crippen molar-refractivity contribution in [2.24, 2.45) is 5.41 Å². The fourth-order valence-corrected chi connectivity index (χ4v) is 4.44. The van der Waals surface area contributed by atoms with Gasteiger partial charge in [-0.05, 0) is 27.2 Å². The average Bonchev–Trinajstić information content (AvgIpc) is 3.01. The summed E-state index contributed by atoms with van der Waals surface area (Å²) in [5, 5.41) is 0. The van der Waals surface area contributed by atoms with Gasteiger partial charge in [0.15, 0.2) is 0 Å². The maximum atomic E-state index is 12.5. The van der Waals surface area contributed by atoms with E-state index in [9.17, 15) is 28.6 Å². The van der Waals surface area contributed by atoms with E-state index < -0.39 is 47.9 Å². The molecule has 0 aromatic carbocycles. The first-order valence-electron chi connectivity index (χ1n) is 10.8. The van der Waals surface area contributed by atoms with Crippen molar-refractivity contribution in [1.29, 1.82) is 0 Å². The van der Waals surface area contributed by atoms with E-state index in [1.165, 1.54) is 6.92 Å². The second-order valence-corrected chi connectivity index (χ2v) is 13.0. The van der Waals surface area contributed by atoms with Gasteiger partial charge in [0.05, 0.1) is 39.7 Å². The number of hydrogen-bond donors (Lipinski definition) is 0. The molecule has 0 aromatic rings. The van der Waals surface area contributed by atoms with E-state index >= 15 is 0 Å². The molecule has 200 valence electrons. The minimum absolute atomic E-state index is 0.0180. The van der Waals surface area contributed by atoms with Crippen molar-refractivity contribution in [2.75, 3.05) is 60.7 Å². The van der Waals surface area contributed by atoms with Crippen molar-refractivity contribution in [1.82, 2.24) is 4.90 Å². The molecular formula is C21H34BrN2O10P. The van der Waals surface area contributed by atoms with E-state index in [-0.39, 0.29) is 32.8 Å². The number of quaternary nitrogens is 1. The average molecular weight is 586 g/mol. The minimum atomic E-state index is -4.53. The number of esters is 2. The minimum Gasteiger partial charge on any atom is -0.756 e. The first-order chi connectivity index (χ1) is 15.9. The van der Waals surface area contributed by atoms with Crippen molar-refractivity contribution in [3.05, 3.63) is 12.2 Å². The van der Waals surface area contributed by atoms with Gasteiger partial charge in [0, 0.05) is 12.2 Å². The van der Waals surface area contributed by atoms with Gasteiger partial charge >= 0.3 is 11.9 Å². The molecule has 2 amide bonds. The standard InChI is InChI=1S/C21H34BrN2O10P/c1-20(2,18(27)31-11-9-23-16(25)7-8-17(23)26)15-21(3,22)19(28)32-13-14-34-35(29,30)33-12-10-24(4,5)6/h7-8H,9-15H2,1-6H3/i4+1. The molecule has 0 saturated heterocycles. The molecule has 12 nitrogen and oxygen atoms in total. The molecular weight excluding hydrogens is 552 g/mol. The number of halogens is 1. The number of alkyl halides is 1. The molecule has 0 spiro atoms. The lowest BCUT2D eigenvalue weighted by atomic mass is 9.83. The molecule has 1 aliphatic rings. The molecule has 0 aliphatic carbocycles. The van der Waals surface area contributed by atoms with Crippen LogP contribution < -0.4 is 4.89 Å². The van der Waals surface area contributed by atoms with Crippen molar-refractivity contribution in [3.63, 3.8) is 0 Å². The number of hydrogen-bond acceptors (Lipinski definition) is 10. The van der Waals surface area contributed by atoms with Crippen LogP contribution >= 0.6 is 23.8 Å². The van der Waals surface area contributed by atoms with Crippen molar-refractivity contribution < 1.29 is 51.6 Å². The van der Waals surface area contributed by atoms with Crippen LogP contribution in [0.4, 0.5) is 0 Å². The van der Waals surface area contributed by atoms with Gasteiger partial charge in [-0.25, -0.2) is 0 Å². The lowest BCUT2D eigenvalue weighted by molar-refractivity contribution is -0.870. The van der Waals surface area contributed by atoms with Crippen molar-refractivity contribution >= 4 is 47.5 Å². The maximum absolute atomic E-state index is 12.5. The summed E-state index contributed by atoms with van der Waals surface area (Å²) in [6.45, 7) is 4.02. The smallest absolute Gasteiger partial charge is 0.322 e. The quantitative estimate of drug-likeness (QED) is 0.0513. The zero-order valence-corrected chi connectivity index (χ0v) is 23.4. The summed E-state index contributed by atoms with van der Waals surface area (Å²) in [4.78, 5) is 60.8. The van der Waals surface area contributed by atoms with Crippen molar-refractivity contribution in [2.45, 2.75) is 31.5 Å². The molecule has 14 heteroatoms. The van der Waals surface area contributed by atoms with Gasteiger partial charge in [0.1, 0.15) is 30.7 Å². The fourth-order valence-electron chi connectivity index (χ4n) is 2.95. The van der Waals surface area contributed by atoms with E-state index in [1.54, 1.807) is 13.8 Å². The van der Waals surface area contributed by atoms with E-state index in [4.69, 9.17) is 18.5 Å². The van der Waals surface area contributed by atoms with Crippen LogP contribution in [0.1, 0.15) is 27.2 Å². The van der Waals surface area contributed by atoms with E-state index in [0.717, 1.165) is 17.1 Å². The van der Waals surface area contributed by atoms with Crippen LogP contribution in [-0.2, 0) is 42.3 Å². The Hall–Kier alpha value is -1.63. The molecule has 0 aromatic heterocycles. The number of imide groups is 1. The second-order valence-electron chi connectivity index (χ2n) is 9.82. The highest BCUT2D eigenvalue weighted by Gasteiger charge is 2.42. The van der Waals surface area contributed by atoms with Gasteiger partial charge < -0.3 is 27.9 Å². The summed E-state index contributed by atoms with van der Waals surface area (Å²) in [6, 6.07) is 0. The highest BCUT2D eigenvalue weighted by atomic mass is 79.9. The van der Waals surface area contributed by atoms with E-state index in [0.29, 0.717) is 11.0 Å². The molecule has 2 atom stereocenters. The highest BCUT2D eigenvalue weighted by Crippen LogP contribution is 2.38. The largest absolute Gasteiger partial charge is 0.756 e. The molecule has 0 N–H and O–H groups in total. The number of rotatable bonds is 15. The Morgan fingerprint density at radius 1 is 0.971 bits per heavy atom. The number of ether oxygens (including phenoxy) is 2. The molecule has 1 rings (SSSR count). The molecule has 1 heterocycles. The second kappa shape index (κ2) is 12.6. The SMILES string of the molecule is CC(C)(CC(C)(Br)C(=O)OCCOP(=O)([O-])OCC[N+](C)(C)[13CH3])C(=O)OCCN1C(=O)C=CC1=O. The number of nitrogens with zero attached hydrogens (tertiary/aromatic N) is 2. The maximum Gasteiger partial charge on any atom is 0.322 e. The van der Waals surface area contributed by atoms with Crippen LogP contribution in [-0.4, -0.2) is 98.1 Å². The third kappa shape index (κ3) is 11.3. The van der Waals surface area contributed by atoms with Crippen LogP contribution in [0, 0.1) is 5.41 Å². The van der Waals surface area contributed by atoms with Gasteiger partial charge in [0.2, 0.25) is 0 Å². The van der Waals surface area contributed by atoms with E-state index in [2.05, 4.69) is 15.9 Å². The Bertz CT molecular complexity index is 864. The molecule has 0 radical (unpaired) electrons. The first kappa shape index (κ1) is 31.4. The number of likely N-dealkylation sites (N-methyl/N-ethyl adjacent to an activating group) is 1. The van der Waals surface area contributed by atoms with Gasteiger partial charge in [-0.1, -0.05) is 15.9 Å². The Balaban J connectivity index is 2.43. The predicted molar refractivity (Wildman–Crippen MR) is 126 cm³/mol. The Labute approximate surface area is 213 Å². The van der Waals surface area contributed by atoms with Gasteiger partial charge in [-0.3, -0.25) is 28.6 Å². The summed E-state index contributed by atoms with van der Waals surface area (Å²) in [5.74, 6) is -2.32. The third-order valence-electron chi connectivity index (χ3n) is 4.78. The van der Waals surface area contributed by atoms with Gasteiger partial charge in [-0.15, -0.1) is 0 Å². The van der Waals surface area contributed by atoms with Crippen LogP contribution in [0.25, 0.3) is 0 Å². The summed E-state index contributed by atoms with van der Waals surface area (Å²) in [7, 11) is 1.12. The number of carbonyl (C=O) groups is 4. The number of carbonyl (C=O) groups excluding carboxylic acids is 4. The molecule has 0 saturated carbocycles. The molecule has 2 unspecified atom stereocenters. The van der Waals surface area contributed by atoms with E-state index in [1.807, 2.05) is 21.1 Å². The summed E-state index contributed by atoms with van der Waals surface area (Å²) in [5.41, 5.74) is -1.13. The summed E-state index contributed by atoms with van der Waals surface area (Å²) in [6.07, 6.45) is 2.25. The summed E-state index contributed by atoms with van der Waals surface area (Å²) < 4.78 is 30.7. The first-order valence-corrected chi connectivity index (χ1v) is 13.1. The zero-order valence-electron chi connectivity index (χ0n) is 20.9. The van der Waals surface area contributed by atoms with Crippen LogP contribution in [0.3, 0.4) is 0 Å². The third-order valence-corrected chi connectivity index (χ3v) is 6.38. The Morgan fingerprint density at radius 2 is 1.49 bits per heavy atom. The Kier molecular flexibility index (Phi) is 11.3. The number of amides is 2. The summed E-state index contributed by atoms with van der Waals surface area (Å²) >= 11 is 3.26. The van der Waals surface area contributed by atoms with Crippen LogP contribution in [0.5, 0.6) is 0 Å². The fraction of sp³-hybridized carbons (Fsp3) is 0.714. The zero-order chi connectivity index (χ0) is 27.1. The lowest BCUT2D eigenvalue weighted by Crippen LogP contribution is -2.41. The Morgan fingerprint density at radius 3 is 2.03 bits per heavy atom. The highest BCUT2D eigenvalue weighted by molar-refractivity contribution is 9.10. The molecule has 35 heavy (non-hydrogen) atoms. The number of phosphoric ester groups is 1. The predicted octanol–water partition coefficient (Wildman–Crippen LogP) is 0.776. The monoisotopic (exact) mass is 585 g/mol.